The van der Waals surface area contributed by atoms with E-state index in [-0.39, 0.29) is 18.6 Å². The number of carboxylic acid groups (broad SMARTS) is 1. The average molecular weight is 249 g/mol. The molecule has 0 amide bonds. The normalized spacial score (nSPS) is 19.8. The van der Waals surface area contributed by atoms with Crippen LogP contribution < -0.4 is 10.5 Å². The Balaban J connectivity index is 2.20. The van der Waals surface area contributed by atoms with Crippen LogP contribution in [0, 0.1) is 0 Å². The van der Waals surface area contributed by atoms with E-state index in [1.807, 2.05) is 19.1 Å². The molecule has 0 aliphatic carbocycles. The van der Waals surface area contributed by atoms with Gasteiger partial charge in [0.1, 0.15) is 5.75 Å². The van der Waals surface area contributed by atoms with Gasteiger partial charge in [0.05, 0.1) is 6.10 Å². The number of fused-ring (bicyclic) bond motifs is 1. The molecular formula is C14H19NO3. The molecule has 98 valence electrons. The van der Waals surface area contributed by atoms with Crippen molar-refractivity contribution < 1.29 is 14.6 Å². The van der Waals surface area contributed by atoms with Crippen molar-refractivity contribution in [1.29, 1.82) is 0 Å². The van der Waals surface area contributed by atoms with Gasteiger partial charge in [0.15, 0.2) is 0 Å². The standard InChI is InChI=1S/C14H19NO3/c1-9-5-6-10-3-2-4-11(14(10)18-9)12(15)7-8-13(16)17/h2-4,9,12H,5-8,15H2,1H3,(H,16,17). The second kappa shape index (κ2) is 5.40. The van der Waals surface area contributed by atoms with Crippen molar-refractivity contribution in [3.8, 4) is 5.75 Å². The van der Waals surface area contributed by atoms with Gasteiger partial charge in [0.2, 0.25) is 0 Å². The summed E-state index contributed by atoms with van der Waals surface area (Å²) >= 11 is 0. The van der Waals surface area contributed by atoms with Gasteiger partial charge in [-0.15, -0.1) is 0 Å². The number of carbonyl (C=O) groups is 1. The maximum absolute atomic E-state index is 10.6. The van der Waals surface area contributed by atoms with E-state index < -0.39 is 5.97 Å². The van der Waals surface area contributed by atoms with Gasteiger partial charge in [-0.3, -0.25) is 4.79 Å². The highest BCUT2D eigenvalue weighted by Gasteiger charge is 2.22. The number of hydrogen-bond acceptors (Lipinski definition) is 3. The highest BCUT2D eigenvalue weighted by molar-refractivity contribution is 5.66. The molecule has 0 radical (unpaired) electrons. The number of carboxylic acids is 1. The largest absolute Gasteiger partial charge is 0.490 e. The molecule has 2 atom stereocenters. The van der Waals surface area contributed by atoms with Gasteiger partial charge in [0, 0.05) is 18.0 Å². The van der Waals surface area contributed by atoms with Crippen LogP contribution in [0.25, 0.3) is 0 Å². The molecule has 1 aromatic carbocycles. The number of nitrogens with two attached hydrogens (primary N) is 1. The maximum atomic E-state index is 10.6. The maximum Gasteiger partial charge on any atom is 0.303 e. The fraction of sp³-hybridized carbons (Fsp3) is 0.500. The number of ether oxygens (including phenoxy) is 1. The molecule has 1 aromatic rings. The number of aliphatic carboxylic acids is 1. The van der Waals surface area contributed by atoms with Gasteiger partial charge in [0.25, 0.3) is 0 Å². The van der Waals surface area contributed by atoms with Crippen LogP contribution in [0.2, 0.25) is 0 Å². The lowest BCUT2D eigenvalue weighted by atomic mass is 9.95. The van der Waals surface area contributed by atoms with E-state index in [2.05, 4.69) is 6.07 Å². The second-order valence-electron chi connectivity index (χ2n) is 4.84. The summed E-state index contributed by atoms with van der Waals surface area (Å²) in [6.45, 7) is 2.04. The first-order chi connectivity index (χ1) is 8.58. The number of benzene rings is 1. The summed E-state index contributed by atoms with van der Waals surface area (Å²) in [5.41, 5.74) is 8.18. The molecule has 18 heavy (non-hydrogen) atoms. The van der Waals surface area contributed by atoms with E-state index >= 15 is 0 Å². The summed E-state index contributed by atoms with van der Waals surface area (Å²) in [7, 11) is 0. The number of aryl methyl sites for hydroxylation is 1. The number of hydrogen-bond donors (Lipinski definition) is 2. The molecular weight excluding hydrogens is 230 g/mol. The highest BCUT2D eigenvalue weighted by Crippen LogP contribution is 2.35. The summed E-state index contributed by atoms with van der Waals surface area (Å²) in [6, 6.07) is 5.67. The quantitative estimate of drug-likeness (QED) is 0.858. The van der Waals surface area contributed by atoms with E-state index in [9.17, 15) is 4.79 Å². The molecule has 0 fully saturated rings. The smallest absolute Gasteiger partial charge is 0.303 e. The van der Waals surface area contributed by atoms with E-state index in [1.54, 1.807) is 0 Å². The molecule has 0 saturated carbocycles. The van der Waals surface area contributed by atoms with E-state index in [1.165, 1.54) is 5.56 Å². The predicted octanol–water partition coefficient (Wildman–Crippen LogP) is 2.26. The molecule has 0 spiro atoms. The van der Waals surface area contributed by atoms with Crippen LogP contribution in [0.4, 0.5) is 0 Å². The molecule has 1 heterocycles. The Morgan fingerprint density at radius 2 is 2.39 bits per heavy atom. The third-order valence-electron chi connectivity index (χ3n) is 3.33. The molecule has 1 aliphatic heterocycles. The fourth-order valence-corrected chi connectivity index (χ4v) is 2.29. The Morgan fingerprint density at radius 3 is 3.11 bits per heavy atom. The molecule has 0 bridgehead atoms. The van der Waals surface area contributed by atoms with Gasteiger partial charge in [-0.05, 0) is 31.7 Å². The van der Waals surface area contributed by atoms with E-state index in [0.717, 1.165) is 24.2 Å². The molecule has 0 aromatic heterocycles. The van der Waals surface area contributed by atoms with Crippen molar-refractivity contribution in [1.82, 2.24) is 0 Å². The van der Waals surface area contributed by atoms with Gasteiger partial charge in [-0.25, -0.2) is 0 Å². The fourth-order valence-electron chi connectivity index (χ4n) is 2.29. The zero-order valence-corrected chi connectivity index (χ0v) is 10.6. The third kappa shape index (κ3) is 2.82. The molecule has 2 unspecified atom stereocenters. The Bertz CT molecular complexity index is 445. The van der Waals surface area contributed by atoms with E-state index in [0.29, 0.717) is 6.42 Å². The summed E-state index contributed by atoms with van der Waals surface area (Å²) < 4.78 is 5.86. The average Bonchev–Trinajstić information content (AvgIpc) is 2.35. The lowest BCUT2D eigenvalue weighted by molar-refractivity contribution is -0.137. The van der Waals surface area contributed by atoms with Gasteiger partial charge in [-0.2, -0.15) is 0 Å². The molecule has 4 heteroatoms. The van der Waals surface area contributed by atoms with E-state index in [4.69, 9.17) is 15.6 Å². The number of rotatable bonds is 4. The molecule has 1 aliphatic rings. The van der Waals surface area contributed by atoms with Crippen molar-refractivity contribution >= 4 is 5.97 Å². The van der Waals surface area contributed by atoms with Crippen molar-refractivity contribution in [2.24, 2.45) is 5.73 Å². The molecule has 4 nitrogen and oxygen atoms in total. The van der Waals surface area contributed by atoms with Crippen LogP contribution in [0.15, 0.2) is 18.2 Å². The SMILES string of the molecule is CC1CCc2cccc(C(N)CCC(=O)O)c2O1. The van der Waals surface area contributed by atoms with Crippen LogP contribution in [0.1, 0.15) is 43.4 Å². The first kappa shape index (κ1) is 12.9. The molecule has 2 rings (SSSR count). The lowest BCUT2D eigenvalue weighted by Crippen LogP contribution is -2.22. The summed E-state index contributed by atoms with van der Waals surface area (Å²) in [5, 5.41) is 8.70. The number of para-hydroxylation sites is 1. The van der Waals surface area contributed by atoms with Crippen molar-refractivity contribution in [3.63, 3.8) is 0 Å². The minimum atomic E-state index is -0.815. The Morgan fingerprint density at radius 1 is 1.61 bits per heavy atom. The minimum absolute atomic E-state index is 0.0837. The van der Waals surface area contributed by atoms with Crippen molar-refractivity contribution in [2.75, 3.05) is 0 Å². The van der Waals surface area contributed by atoms with Gasteiger partial charge < -0.3 is 15.6 Å². The summed E-state index contributed by atoms with van der Waals surface area (Å²) in [4.78, 5) is 10.6. The van der Waals surface area contributed by atoms with Crippen molar-refractivity contribution in [2.45, 2.75) is 44.8 Å². The summed E-state index contributed by atoms with van der Waals surface area (Å²) in [6.07, 6.45) is 2.73. The van der Waals surface area contributed by atoms with Crippen LogP contribution in [0.3, 0.4) is 0 Å². The molecule has 3 N–H and O–H groups in total. The third-order valence-corrected chi connectivity index (χ3v) is 3.33. The van der Waals surface area contributed by atoms with Crippen molar-refractivity contribution in [3.05, 3.63) is 29.3 Å². The zero-order valence-electron chi connectivity index (χ0n) is 10.6. The zero-order chi connectivity index (χ0) is 13.1. The van der Waals surface area contributed by atoms with Gasteiger partial charge >= 0.3 is 5.97 Å². The Hall–Kier alpha value is -1.55. The Kier molecular flexibility index (Phi) is 3.87. The molecule has 0 saturated heterocycles. The first-order valence-corrected chi connectivity index (χ1v) is 6.33. The van der Waals surface area contributed by atoms with Crippen LogP contribution in [0.5, 0.6) is 5.75 Å². The van der Waals surface area contributed by atoms with Gasteiger partial charge in [-0.1, -0.05) is 18.2 Å². The first-order valence-electron chi connectivity index (χ1n) is 6.33. The predicted molar refractivity (Wildman–Crippen MR) is 68.7 cm³/mol. The van der Waals surface area contributed by atoms with Crippen LogP contribution in [-0.4, -0.2) is 17.2 Å². The monoisotopic (exact) mass is 249 g/mol. The summed E-state index contributed by atoms with van der Waals surface area (Å²) in [5.74, 6) is 0.0543. The highest BCUT2D eigenvalue weighted by atomic mass is 16.5. The lowest BCUT2D eigenvalue weighted by Gasteiger charge is -2.27. The topological polar surface area (TPSA) is 72.6 Å². The Labute approximate surface area is 107 Å². The van der Waals surface area contributed by atoms with Crippen LogP contribution in [-0.2, 0) is 11.2 Å². The van der Waals surface area contributed by atoms with Crippen LogP contribution >= 0.6 is 0 Å². The minimum Gasteiger partial charge on any atom is -0.490 e. The second-order valence-corrected chi connectivity index (χ2v) is 4.84.